The van der Waals surface area contributed by atoms with Gasteiger partial charge in [-0.15, -0.1) is 0 Å². The average Bonchev–Trinajstić information content (AvgIpc) is 2.14. The van der Waals surface area contributed by atoms with Crippen molar-refractivity contribution < 1.29 is 9.59 Å². The molecule has 0 saturated carbocycles. The van der Waals surface area contributed by atoms with Crippen molar-refractivity contribution in [2.45, 2.75) is 32.7 Å². The van der Waals surface area contributed by atoms with E-state index in [-0.39, 0.29) is 17.4 Å². The molecule has 0 aliphatic carbocycles. The van der Waals surface area contributed by atoms with Crippen LogP contribution >= 0.6 is 0 Å². The van der Waals surface area contributed by atoms with Crippen LogP contribution in [0.25, 0.3) is 0 Å². The standard InChI is InChI=1S/C11H23N3O2/c1-9(15)12-7-6-10(16)13-8-11(2,3)14(4)5/h6-8H2,1-5H3,(H,12,15)(H,13,16). The van der Waals surface area contributed by atoms with E-state index in [1.54, 1.807) is 0 Å². The second kappa shape index (κ2) is 6.48. The normalized spacial score (nSPS) is 11.4. The lowest BCUT2D eigenvalue weighted by Gasteiger charge is -2.32. The molecule has 0 aromatic heterocycles. The minimum atomic E-state index is -0.110. The molecule has 5 heteroatoms. The molecule has 0 aromatic rings. The van der Waals surface area contributed by atoms with Crippen molar-refractivity contribution in [3.05, 3.63) is 0 Å². The number of hydrogen-bond acceptors (Lipinski definition) is 3. The molecule has 0 atom stereocenters. The van der Waals surface area contributed by atoms with Crippen LogP contribution in [0.5, 0.6) is 0 Å². The predicted molar refractivity (Wildman–Crippen MR) is 64.1 cm³/mol. The van der Waals surface area contributed by atoms with E-state index in [2.05, 4.69) is 29.4 Å². The van der Waals surface area contributed by atoms with Gasteiger partial charge in [0.1, 0.15) is 0 Å². The maximum Gasteiger partial charge on any atom is 0.221 e. The van der Waals surface area contributed by atoms with Gasteiger partial charge in [-0.1, -0.05) is 0 Å². The minimum absolute atomic E-state index is 0.0383. The van der Waals surface area contributed by atoms with E-state index in [0.717, 1.165) is 0 Å². The summed E-state index contributed by atoms with van der Waals surface area (Å²) in [6.07, 6.45) is 0.323. The molecule has 2 amide bonds. The van der Waals surface area contributed by atoms with Gasteiger partial charge >= 0.3 is 0 Å². The SMILES string of the molecule is CC(=O)NCCC(=O)NCC(C)(C)N(C)C. The summed E-state index contributed by atoms with van der Waals surface area (Å²) in [7, 11) is 3.95. The first-order valence-electron chi connectivity index (χ1n) is 5.44. The fourth-order valence-electron chi connectivity index (χ4n) is 0.913. The highest BCUT2D eigenvalue weighted by Gasteiger charge is 2.20. The second-order valence-corrected chi connectivity index (χ2v) is 4.72. The lowest BCUT2D eigenvalue weighted by Crippen LogP contribution is -2.48. The van der Waals surface area contributed by atoms with E-state index in [4.69, 9.17) is 0 Å². The van der Waals surface area contributed by atoms with Crippen molar-refractivity contribution in [2.24, 2.45) is 0 Å². The van der Waals surface area contributed by atoms with Gasteiger partial charge in [-0.05, 0) is 27.9 Å². The summed E-state index contributed by atoms with van der Waals surface area (Å²) in [4.78, 5) is 24.1. The molecule has 2 N–H and O–H groups in total. The van der Waals surface area contributed by atoms with E-state index < -0.39 is 0 Å². The van der Waals surface area contributed by atoms with Gasteiger partial charge in [0, 0.05) is 32.0 Å². The first kappa shape index (κ1) is 14.9. The molecular weight excluding hydrogens is 206 g/mol. The van der Waals surface area contributed by atoms with Crippen LogP contribution < -0.4 is 10.6 Å². The van der Waals surface area contributed by atoms with E-state index in [1.165, 1.54) is 6.92 Å². The van der Waals surface area contributed by atoms with Crippen LogP contribution in [0.3, 0.4) is 0 Å². The van der Waals surface area contributed by atoms with Crippen LogP contribution in [0.4, 0.5) is 0 Å². The largest absolute Gasteiger partial charge is 0.356 e. The van der Waals surface area contributed by atoms with Crippen LogP contribution in [-0.2, 0) is 9.59 Å². The highest BCUT2D eigenvalue weighted by molar-refractivity contribution is 5.77. The molecule has 0 aliphatic heterocycles. The Bertz CT molecular complexity index is 250. The van der Waals surface area contributed by atoms with E-state index in [1.807, 2.05) is 14.1 Å². The van der Waals surface area contributed by atoms with Gasteiger partial charge in [0.25, 0.3) is 0 Å². The molecule has 0 unspecified atom stereocenters. The maximum atomic E-state index is 11.4. The van der Waals surface area contributed by atoms with Crippen molar-refractivity contribution >= 4 is 11.8 Å². The predicted octanol–water partition coefficient (Wildman–Crippen LogP) is -0.0310. The molecule has 0 saturated heterocycles. The number of nitrogens with zero attached hydrogens (tertiary/aromatic N) is 1. The summed E-state index contributed by atoms with van der Waals surface area (Å²) in [6, 6.07) is 0. The zero-order chi connectivity index (χ0) is 12.8. The van der Waals surface area contributed by atoms with E-state index >= 15 is 0 Å². The van der Waals surface area contributed by atoms with E-state index in [0.29, 0.717) is 19.5 Å². The fraction of sp³-hybridized carbons (Fsp3) is 0.818. The topological polar surface area (TPSA) is 61.4 Å². The van der Waals surface area contributed by atoms with Gasteiger partial charge in [0.15, 0.2) is 0 Å². The third-order valence-corrected chi connectivity index (χ3v) is 2.65. The zero-order valence-corrected chi connectivity index (χ0v) is 10.9. The second-order valence-electron chi connectivity index (χ2n) is 4.72. The number of amides is 2. The average molecular weight is 229 g/mol. The van der Waals surface area contributed by atoms with Crippen LogP contribution in [0.1, 0.15) is 27.2 Å². The first-order chi connectivity index (χ1) is 7.25. The summed E-state index contributed by atoms with van der Waals surface area (Å²) in [5.74, 6) is -0.148. The molecule has 0 aliphatic rings. The Morgan fingerprint density at radius 1 is 1.19 bits per heavy atom. The van der Waals surface area contributed by atoms with Crippen molar-refractivity contribution in [2.75, 3.05) is 27.2 Å². The summed E-state index contributed by atoms with van der Waals surface area (Å²) >= 11 is 0. The van der Waals surface area contributed by atoms with Crippen molar-refractivity contribution in [3.8, 4) is 0 Å². The Morgan fingerprint density at radius 3 is 2.19 bits per heavy atom. The summed E-state index contributed by atoms with van der Waals surface area (Å²) in [5, 5.41) is 5.43. The number of likely N-dealkylation sites (N-methyl/N-ethyl adjacent to an activating group) is 1. The quantitative estimate of drug-likeness (QED) is 0.672. The Labute approximate surface area is 97.6 Å². The molecule has 0 radical (unpaired) electrons. The van der Waals surface area contributed by atoms with Gasteiger partial charge < -0.3 is 15.5 Å². The monoisotopic (exact) mass is 229 g/mol. The van der Waals surface area contributed by atoms with Crippen LogP contribution in [0, 0.1) is 0 Å². The fourth-order valence-corrected chi connectivity index (χ4v) is 0.913. The van der Waals surface area contributed by atoms with Crippen molar-refractivity contribution in [1.82, 2.24) is 15.5 Å². The molecule has 16 heavy (non-hydrogen) atoms. The molecular formula is C11H23N3O2. The van der Waals surface area contributed by atoms with Crippen molar-refractivity contribution in [1.29, 1.82) is 0 Å². The molecule has 0 spiro atoms. The summed E-state index contributed by atoms with van der Waals surface area (Å²) < 4.78 is 0. The van der Waals surface area contributed by atoms with Gasteiger partial charge in [-0.3, -0.25) is 9.59 Å². The zero-order valence-electron chi connectivity index (χ0n) is 10.9. The minimum Gasteiger partial charge on any atom is -0.356 e. The number of rotatable bonds is 6. The molecule has 0 fully saturated rings. The summed E-state index contributed by atoms with van der Waals surface area (Å²) in [5.41, 5.74) is -0.0658. The number of nitrogens with one attached hydrogen (secondary N) is 2. The Hall–Kier alpha value is -1.10. The lowest BCUT2D eigenvalue weighted by atomic mass is 10.0. The first-order valence-corrected chi connectivity index (χ1v) is 5.44. The molecule has 0 bridgehead atoms. The third kappa shape index (κ3) is 6.40. The molecule has 94 valence electrons. The Balaban J connectivity index is 3.77. The highest BCUT2D eigenvalue weighted by atomic mass is 16.2. The summed E-state index contributed by atoms with van der Waals surface area (Å²) in [6.45, 7) is 6.54. The van der Waals surface area contributed by atoms with Gasteiger partial charge in [-0.2, -0.15) is 0 Å². The lowest BCUT2D eigenvalue weighted by molar-refractivity contribution is -0.122. The number of carbonyl (C=O) groups is 2. The van der Waals surface area contributed by atoms with Gasteiger partial charge in [0.05, 0.1) is 0 Å². The maximum absolute atomic E-state index is 11.4. The van der Waals surface area contributed by atoms with Crippen LogP contribution in [0.15, 0.2) is 0 Å². The van der Waals surface area contributed by atoms with Crippen LogP contribution in [-0.4, -0.2) is 49.4 Å². The number of hydrogen-bond donors (Lipinski definition) is 2. The number of carbonyl (C=O) groups excluding carboxylic acids is 2. The molecule has 5 nitrogen and oxygen atoms in total. The van der Waals surface area contributed by atoms with Gasteiger partial charge in [-0.25, -0.2) is 0 Å². The van der Waals surface area contributed by atoms with Crippen LogP contribution in [0.2, 0.25) is 0 Å². The Kier molecular flexibility index (Phi) is 6.03. The smallest absolute Gasteiger partial charge is 0.221 e. The molecule has 0 aromatic carbocycles. The molecule has 0 heterocycles. The Morgan fingerprint density at radius 2 is 1.75 bits per heavy atom. The van der Waals surface area contributed by atoms with Gasteiger partial charge in [0.2, 0.25) is 11.8 Å². The van der Waals surface area contributed by atoms with Crippen molar-refractivity contribution in [3.63, 3.8) is 0 Å². The third-order valence-electron chi connectivity index (χ3n) is 2.65. The van der Waals surface area contributed by atoms with E-state index in [9.17, 15) is 9.59 Å². The highest BCUT2D eigenvalue weighted by Crippen LogP contribution is 2.07. The molecule has 0 rings (SSSR count).